The molecule has 0 aliphatic heterocycles. The molecule has 0 bridgehead atoms. The Hall–Kier alpha value is -2.51. The Kier molecular flexibility index (Phi) is 7.21. The van der Waals surface area contributed by atoms with E-state index >= 15 is 0 Å². The van der Waals surface area contributed by atoms with Gasteiger partial charge in [0.25, 0.3) is 0 Å². The number of hydrazine groups is 1. The summed E-state index contributed by atoms with van der Waals surface area (Å²) in [6.45, 7) is -0.528. The molecule has 2 aromatic carbocycles. The first-order chi connectivity index (χ1) is 13.8. The number of amides is 1. The summed E-state index contributed by atoms with van der Waals surface area (Å²) in [4.78, 5) is 10.9. The molecule has 0 heterocycles. The molecule has 1 amide bonds. The maximum Gasteiger partial charge on any atom is 0.417 e. The lowest BCUT2D eigenvalue weighted by Gasteiger charge is -2.12. The number of halogens is 7. The van der Waals surface area contributed by atoms with Gasteiger partial charge in [0, 0.05) is 13.0 Å². The number of rotatable bonds is 7. The van der Waals surface area contributed by atoms with Crippen molar-refractivity contribution in [2.24, 2.45) is 0 Å². The topological polar surface area (TPSA) is 87.3 Å². The second-order valence-electron chi connectivity index (χ2n) is 5.68. The molecule has 0 spiro atoms. The van der Waals surface area contributed by atoms with Gasteiger partial charge in [-0.15, -0.1) is 0 Å². The molecule has 0 atom stereocenters. The number of carbonyl (C=O) groups excluding carboxylic acids is 1. The Morgan fingerprint density at radius 2 is 1.70 bits per heavy atom. The van der Waals surface area contributed by atoms with Gasteiger partial charge in [-0.25, -0.2) is 26.3 Å². The van der Waals surface area contributed by atoms with Crippen molar-refractivity contribution in [3.8, 4) is 0 Å². The zero-order valence-corrected chi connectivity index (χ0v) is 16.2. The monoisotopic (exact) mass is 475 g/mol. The maximum atomic E-state index is 13.4. The van der Waals surface area contributed by atoms with Gasteiger partial charge in [-0.1, -0.05) is 11.6 Å². The van der Waals surface area contributed by atoms with Crippen molar-refractivity contribution in [2.75, 3.05) is 12.0 Å². The molecule has 0 aliphatic rings. The van der Waals surface area contributed by atoms with Crippen molar-refractivity contribution < 1.29 is 39.6 Å². The van der Waals surface area contributed by atoms with E-state index in [-0.39, 0.29) is 0 Å². The van der Waals surface area contributed by atoms with Gasteiger partial charge in [-0.2, -0.15) is 13.2 Å². The summed E-state index contributed by atoms with van der Waals surface area (Å²) in [5, 5.41) is -0.684. The number of benzene rings is 2. The molecule has 0 aliphatic carbocycles. The summed E-state index contributed by atoms with van der Waals surface area (Å²) in [5.41, 5.74) is 2.00. The summed E-state index contributed by atoms with van der Waals surface area (Å²) < 4.78 is 104. The molecule has 3 N–H and O–H groups in total. The van der Waals surface area contributed by atoms with Crippen LogP contribution in [0.3, 0.4) is 0 Å². The zero-order chi connectivity index (χ0) is 22.7. The van der Waals surface area contributed by atoms with E-state index in [0.717, 1.165) is 18.2 Å². The van der Waals surface area contributed by atoms with E-state index in [1.165, 1.54) is 0 Å². The van der Waals surface area contributed by atoms with Crippen LogP contribution >= 0.6 is 11.6 Å². The van der Waals surface area contributed by atoms with Crippen LogP contribution in [0.1, 0.15) is 12.0 Å². The Balaban J connectivity index is 1.94. The normalized spacial score (nSPS) is 12.0. The number of nitrogens with one attached hydrogen (secondary N) is 3. The fraction of sp³-hybridized carbons (Fsp3) is 0.188. The van der Waals surface area contributed by atoms with Crippen molar-refractivity contribution >= 4 is 33.2 Å². The second-order valence-corrected chi connectivity index (χ2v) is 7.86. The highest BCUT2D eigenvalue weighted by atomic mass is 35.5. The summed E-state index contributed by atoms with van der Waals surface area (Å²) >= 11 is 5.43. The number of carbonyl (C=O) groups is 1. The fourth-order valence-corrected chi connectivity index (χ4v) is 3.38. The summed E-state index contributed by atoms with van der Waals surface area (Å²) in [6.07, 6.45) is -5.39. The summed E-state index contributed by atoms with van der Waals surface area (Å²) in [7, 11) is -4.40. The van der Waals surface area contributed by atoms with Gasteiger partial charge in [0.1, 0.15) is 0 Å². The highest BCUT2D eigenvalue weighted by molar-refractivity contribution is 7.89. The first-order valence-electron chi connectivity index (χ1n) is 7.87. The minimum Gasteiger partial charge on any atom is -0.296 e. The number of hydrogen-bond acceptors (Lipinski definition) is 4. The van der Waals surface area contributed by atoms with E-state index in [1.54, 1.807) is 0 Å². The van der Waals surface area contributed by atoms with Gasteiger partial charge < -0.3 is 0 Å². The van der Waals surface area contributed by atoms with E-state index in [1.807, 2.05) is 15.6 Å². The standard InChI is InChI=1S/C16H12ClF6N3O3S/c17-10-2-1-8(7-9(10)16(21,22)23)30(28,29)24-6-5-13(27)26-25-12-4-3-11(18)14(19)15(12)20/h1-4,7,24-25H,5-6H2,(H,26,27). The van der Waals surface area contributed by atoms with Crippen LogP contribution in [-0.2, 0) is 21.0 Å². The van der Waals surface area contributed by atoms with Gasteiger partial charge in [0.2, 0.25) is 15.9 Å². The van der Waals surface area contributed by atoms with Gasteiger partial charge in [-0.3, -0.25) is 15.6 Å². The molecule has 6 nitrogen and oxygen atoms in total. The third-order valence-electron chi connectivity index (χ3n) is 3.57. The van der Waals surface area contributed by atoms with Gasteiger partial charge in [0.05, 0.1) is 21.2 Å². The number of anilines is 1. The highest BCUT2D eigenvalue weighted by Crippen LogP contribution is 2.35. The largest absolute Gasteiger partial charge is 0.417 e. The molecular weight excluding hydrogens is 464 g/mol. The summed E-state index contributed by atoms with van der Waals surface area (Å²) in [6, 6.07) is 3.40. The van der Waals surface area contributed by atoms with E-state index in [2.05, 4.69) is 0 Å². The van der Waals surface area contributed by atoms with Crippen LogP contribution in [0.5, 0.6) is 0 Å². The van der Waals surface area contributed by atoms with Crippen LogP contribution < -0.4 is 15.6 Å². The van der Waals surface area contributed by atoms with E-state index < -0.39 is 73.7 Å². The van der Waals surface area contributed by atoms with Crippen LogP contribution in [0.2, 0.25) is 5.02 Å². The average molecular weight is 476 g/mol. The van der Waals surface area contributed by atoms with Gasteiger partial charge in [0.15, 0.2) is 17.5 Å². The van der Waals surface area contributed by atoms with E-state index in [9.17, 15) is 39.6 Å². The third-order valence-corrected chi connectivity index (χ3v) is 5.36. The van der Waals surface area contributed by atoms with E-state index in [0.29, 0.717) is 12.1 Å². The molecule has 30 heavy (non-hydrogen) atoms. The lowest BCUT2D eigenvalue weighted by Crippen LogP contribution is -2.34. The van der Waals surface area contributed by atoms with Crippen LogP contribution in [0.4, 0.5) is 32.0 Å². The Bertz CT molecular complexity index is 1060. The Morgan fingerprint density at radius 1 is 1.03 bits per heavy atom. The average Bonchev–Trinajstić information content (AvgIpc) is 2.64. The van der Waals surface area contributed by atoms with Crippen LogP contribution in [0.25, 0.3) is 0 Å². The second kappa shape index (κ2) is 9.10. The highest BCUT2D eigenvalue weighted by Gasteiger charge is 2.34. The number of hydrogen-bond donors (Lipinski definition) is 3. The van der Waals surface area contributed by atoms with Crippen molar-refractivity contribution in [2.45, 2.75) is 17.5 Å². The predicted molar refractivity (Wildman–Crippen MR) is 94.3 cm³/mol. The van der Waals surface area contributed by atoms with Crippen molar-refractivity contribution in [3.05, 3.63) is 58.4 Å². The van der Waals surface area contributed by atoms with Crippen molar-refractivity contribution in [3.63, 3.8) is 0 Å². The molecular formula is C16H12ClF6N3O3S. The lowest BCUT2D eigenvalue weighted by atomic mass is 10.2. The molecule has 0 radical (unpaired) electrons. The van der Waals surface area contributed by atoms with Crippen LogP contribution in [-0.4, -0.2) is 20.9 Å². The third kappa shape index (κ3) is 5.77. The molecule has 164 valence electrons. The molecule has 2 rings (SSSR count). The SMILES string of the molecule is O=C(CCNS(=O)(=O)c1ccc(Cl)c(C(F)(F)F)c1)NNc1ccc(F)c(F)c1F. The fourth-order valence-electron chi connectivity index (χ4n) is 2.09. The minimum absolute atomic E-state index is 0.345. The van der Waals surface area contributed by atoms with Crippen molar-refractivity contribution in [1.29, 1.82) is 0 Å². The van der Waals surface area contributed by atoms with Crippen molar-refractivity contribution in [1.82, 2.24) is 10.1 Å². The number of alkyl halides is 3. The first-order valence-corrected chi connectivity index (χ1v) is 9.74. The molecule has 0 fully saturated rings. The minimum atomic E-state index is -4.87. The molecule has 14 heteroatoms. The van der Waals surface area contributed by atoms with Gasteiger partial charge >= 0.3 is 6.18 Å². The maximum absolute atomic E-state index is 13.4. The van der Waals surface area contributed by atoms with Gasteiger partial charge in [-0.05, 0) is 30.3 Å². The lowest BCUT2D eigenvalue weighted by molar-refractivity contribution is -0.137. The summed E-state index contributed by atoms with van der Waals surface area (Å²) in [5.74, 6) is -5.66. The molecule has 0 unspecified atom stereocenters. The smallest absolute Gasteiger partial charge is 0.296 e. The molecule has 0 aromatic heterocycles. The van der Waals surface area contributed by atoms with E-state index in [4.69, 9.17) is 11.6 Å². The molecule has 0 saturated carbocycles. The Labute approximate surface area is 171 Å². The first kappa shape index (κ1) is 23.8. The van der Waals surface area contributed by atoms with Crippen LogP contribution in [0, 0.1) is 17.5 Å². The van der Waals surface area contributed by atoms with Crippen LogP contribution in [0.15, 0.2) is 35.2 Å². The predicted octanol–water partition coefficient (Wildman–Crippen LogP) is 3.59. The quantitative estimate of drug-likeness (QED) is 0.324. The molecule has 0 saturated heterocycles. The molecule has 2 aromatic rings. The Morgan fingerprint density at radius 3 is 2.33 bits per heavy atom. The zero-order valence-electron chi connectivity index (χ0n) is 14.6. The number of sulfonamides is 1.